The van der Waals surface area contributed by atoms with Crippen LogP contribution in [0, 0.1) is 13.8 Å². The zero-order valence-corrected chi connectivity index (χ0v) is 19.2. The van der Waals surface area contributed by atoms with Gasteiger partial charge in [0.05, 0.1) is 12.0 Å². The fourth-order valence-corrected chi connectivity index (χ4v) is 3.52. The highest BCUT2D eigenvalue weighted by Gasteiger charge is 2.12. The van der Waals surface area contributed by atoms with Gasteiger partial charge >= 0.3 is 0 Å². The number of carbonyl (C=O) groups is 1. The van der Waals surface area contributed by atoms with Crippen LogP contribution in [-0.4, -0.2) is 19.1 Å². The Labute approximate surface area is 196 Å². The number of benzene rings is 3. The number of rotatable bonds is 8. The second kappa shape index (κ2) is 10.1. The van der Waals surface area contributed by atoms with E-state index in [-0.39, 0.29) is 23.7 Å². The van der Waals surface area contributed by atoms with Gasteiger partial charge in [0, 0.05) is 11.8 Å². The van der Waals surface area contributed by atoms with Gasteiger partial charge in [0.15, 0.2) is 6.61 Å². The van der Waals surface area contributed by atoms with E-state index in [2.05, 4.69) is 5.32 Å². The number of hydrogen-bond donors (Lipinski definition) is 1. The first kappa shape index (κ1) is 22.9. The zero-order valence-electron chi connectivity index (χ0n) is 19.2. The molecule has 1 heterocycles. The number of amides is 1. The molecule has 174 valence electrons. The Morgan fingerprint density at radius 3 is 2.29 bits per heavy atom. The van der Waals surface area contributed by atoms with Crippen LogP contribution in [0.25, 0.3) is 11.0 Å². The molecule has 1 amide bonds. The summed E-state index contributed by atoms with van der Waals surface area (Å²) in [5, 5.41) is 3.11. The zero-order chi connectivity index (χ0) is 24.1. The van der Waals surface area contributed by atoms with Crippen molar-refractivity contribution in [1.29, 1.82) is 0 Å². The third-order valence-electron chi connectivity index (χ3n) is 4.96. The summed E-state index contributed by atoms with van der Waals surface area (Å²) >= 11 is 0. The van der Waals surface area contributed by atoms with E-state index < -0.39 is 0 Å². The first-order chi connectivity index (χ1) is 16.4. The number of aryl methyl sites for hydroxylation is 2. The highest BCUT2D eigenvalue weighted by atomic mass is 16.5. The molecule has 0 radical (unpaired) electrons. The van der Waals surface area contributed by atoms with Crippen LogP contribution in [0.3, 0.4) is 0 Å². The molecule has 0 spiro atoms. The lowest BCUT2D eigenvalue weighted by atomic mass is 10.1. The van der Waals surface area contributed by atoms with Gasteiger partial charge in [-0.2, -0.15) is 0 Å². The second-order valence-electron chi connectivity index (χ2n) is 7.81. The predicted octanol–water partition coefficient (Wildman–Crippen LogP) is 5.62. The van der Waals surface area contributed by atoms with E-state index >= 15 is 0 Å². The minimum absolute atomic E-state index is 0.0981. The molecule has 1 N–H and O–H groups in total. The minimum atomic E-state index is -0.317. The Hall–Kier alpha value is -4.26. The van der Waals surface area contributed by atoms with Crippen LogP contribution in [-0.2, 0) is 4.79 Å². The average molecular weight is 459 g/mol. The van der Waals surface area contributed by atoms with Gasteiger partial charge < -0.3 is 23.9 Å². The minimum Gasteiger partial charge on any atom is -0.494 e. The number of ether oxygens (including phenoxy) is 3. The molecule has 0 fully saturated rings. The topological polar surface area (TPSA) is 87.0 Å². The number of hydrogen-bond acceptors (Lipinski definition) is 6. The van der Waals surface area contributed by atoms with Crippen molar-refractivity contribution in [2.75, 3.05) is 18.5 Å². The summed E-state index contributed by atoms with van der Waals surface area (Å²) in [5.41, 5.74) is 2.75. The van der Waals surface area contributed by atoms with Crippen molar-refractivity contribution < 1.29 is 23.4 Å². The number of anilines is 1. The highest BCUT2D eigenvalue weighted by Crippen LogP contribution is 2.25. The Bertz CT molecular complexity index is 1350. The van der Waals surface area contributed by atoms with Crippen molar-refractivity contribution in [3.63, 3.8) is 0 Å². The molecular weight excluding hydrogens is 434 g/mol. The van der Waals surface area contributed by atoms with E-state index in [1.165, 1.54) is 6.26 Å². The van der Waals surface area contributed by atoms with Crippen molar-refractivity contribution in [1.82, 2.24) is 0 Å². The molecule has 0 aliphatic heterocycles. The summed E-state index contributed by atoms with van der Waals surface area (Å²) in [6.07, 6.45) is 1.28. The average Bonchev–Trinajstić information content (AvgIpc) is 2.80. The molecule has 7 nitrogen and oxygen atoms in total. The maximum atomic E-state index is 12.8. The van der Waals surface area contributed by atoms with Crippen LogP contribution < -0.4 is 25.0 Å². The van der Waals surface area contributed by atoms with E-state index in [0.29, 0.717) is 34.8 Å². The SMILES string of the molecule is CCOc1ccc(NC(=O)COc2ccc3c(=O)c(Oc4cc(C)cc(C)c4)coc3c2)cc1. The first-order valence-electron chi connectivity index (χ1n) is 10.9. The van der Waals surface area contributed by atoms with Crippen LogP contribution in [0.15, 0.2) is 76.1 Å². The number of nitrogens with one attached hydrogen (secondary N) is 1. The molecule has 0 aliphatic carbocycles. The van der Waals surface area contributed by atoms with Gasteiger partial charge in [-0.15, -0.1) is 0 Å². The fourth-order valence-electron chi connectivity index (χ4n) is 3.52. The number of carbonyl (C=O) groups excluding carboxylic acids is 1. The van der Waals surface area contributed by atoms with Crippen molar-refractivity contribution in [3.05, 3.63) is 88.3 Å². The summed E-state index contributed by atoms with van der Waals surface area (Å²) in [5.74, 6) is 1.49. The number of fused-ring (bicyclic) bond motifs is 1. The Morgan fingerprint density at radius 1 is 0.882 bits per heavy atom. The summed E-state index contributed by atoms with van der Waals surface area (Å²) in [6.45, 7) is 6.21. The third kappa shape index (κ3) is 5.56. The van der Waals surface area contributed by atoms with Gasteiger partial charge in [-0.05, 0) is 80.4 Å². The van der Waals surface area contributed by atoms with Crippen molar-refractivity contribution in [2.45, 2.75) is 20.8 Å². The monoisotopic (exact) mass is 459 g/mol. The van der Waals surface area contributed by atoms with Crippen LogP contribution in [0.1, 0.15) is 18.1 Å². The van der Waals surface area contributed by atoms with E-state index in [9.17, 15) is 9.59 Å². The van der Waals surface area contributed by atoms with Crippen molar-refractivity contribution in [3.8, 4) is 23.0 Å². The van der Waals surface area contributed by atoms with Gasteiger partial charge in [-0.1, -0.05) is 6.07 Å². The van der Waals surface area contributed by atoms with Gasteiger partial charge in [0.2, 0.25) is 11.2 Å². The molecule has 0 unspecified atom stereocenters. The molecule has 4 aromatic rings. The standard InChI is InChI=1S/C27H25NO6/c1-4-31-20-7-5-19(6-8-20)28-26(29)16-32-21-9-10-23-24(14-21)33-15-25(27(23)30)34-22-12-17(2)11-18(3)13-22/h5-15H,4,16H2,1-3H3,(H,28,29). The Morgan fingerprint density at radius 2 is 1.59 bits per heavy atom. The molecule has 34 heavy (non-hydrogen) atoms. The molecule has 0 bridgehead atoms. The summed E-state index contributed by atoms with van der Waals surface area (Å²) in [6, 6.07) is 17.6. The molecule has 0 saturated heterocycles. The van der Waals surface area contributed by atoms with E-state index in [4.69, 9.17) is 18.6 Å². The largest absolute Gasteiger partial charge is 0.494 e. The van der Waals surface area contributed by atoms with Gasteiger partial charge in [-0.3, -0.25) is 9.59 Å². The van der Waals surface area contributed by atoms with Crippen molar-refractivity contribution >= 4 is 22.6 Å². The lowest BCUT2D eigenvalue weighted by Gasteiger charge is -2.10. The van der Waals surface area contributed by atoms with Gasteiger partial charge in [0.1, 0.15) is 29.1 Å². The van der Waals surface area contributed by atoms with Crippen LogP contribution in [0.4, 0.5) is 5.69 Å². The Balaban J connectivity index is 1.41. The lowest BCUT2D eigenvalue weighted by Crippen LogP contribution is -2.20. The van der Waals surface area contributed by atoms with Crippen LogP contribution in [0.2, 0.25) is 0 Å². The van der Waals surface area contributed by atoms with Crippen LogP contribution >= 0.6 is 0 Å². The second-order valence-corrected chi connectivity index (χ2v) is 7.81. The molecule has 0 aliphatic rings. The van der Waals surface area contributed by atoms with Gasteiger partial charge in [0.25, 0.3) is 5.91 Å². The summed E-state index contributed by atoms with van der Waals surface area (Å²) < 4.78 is 22.3. The molecule has 0 atom stereocenters. The Kier molecular flexibility index (Phi) is 6.82. The van der Waals surface area contributed by atoms with E-state index in [1.54, 1.807) is 42.5 Å². The molecule has 0 saturated carbocycles. The lowest BCUT2D eigenvalue weighted by molar-refractivity contribution is -0.118. The molecule has 3 aromatic carbocycles. The third-order valence-corrected chi connectivity index (χ3v) is 4.96. The quantitative estimate of drug-likeness (QED) is 0.368. The first-order valence-corrected chi connectivity index (χ1v) is 10.9. The van der Waals surface area contributed by atoms with E-state index in [1.807, 2.05) is 39.0 Å². The highest BCUT2D eigenvalue weighted by molar-refractivity contribution is 5.92. The summed E-state index contributed by atoms with van der Waals surface area (Å²) in [4.78, 5) is 25.1. The van der Waals surface area contributed by atoms with Crippen LogP contribution in [0.5, 0.6) is 23.0 Å². The van der Waals surface area contributed by atoms with E-state index in [0.717, 1.165) is 16.9 Å². The maximum Gasteiger partial charge on any atom is 0.262 e. The maximum absolute atomic E-state index is 12.8. The van der Waals surface area contributed by atoms with Gasteiger partial charge in [-0.25, -0.2) is 0 Å². The fraction of sp³-hybridized carbons (Fsp3) is 0.185. The normalized spacial score (nSPS) is 10.7. The molecule has 1 aromatic heterocycles. The smallest absolute Gasteiger partial charge is 0.262 e. The molecular formula is C27H25NO6. The molecule has 7 heteroatoms. The van der Waals surface area contributed by atoms with Crippen molar-refractivity contribution in [2.24, 2.45) is 0 Å². The molecule has 4 rings (SSSR count). The predicted molar refractivity (Wildman–Crippen MR) is 130 cm³/mol. The summed E-state index contributed by atoms with van der Waals surface area (Å²) in [7, 11) is 0.